The number of hydrogen-bond acceptors (Lipinski definition) is 4. The van der Waals surface area contributed by atoms with Gasteiger partial charge in [0.2, 0.25) is 0 Å². The third-order valence-electron chi connectivity index (χ3n) is 2.88. The van der Waals surface area contributed by atoms with Crippen LogP contribution in [0.2, 0.25) is 5.02 Å². The smallest absolute Gasteiger partial charge is 0.338 e. The van der Waals surface area contributed by atoms with Gasteiger partial charge in [0.05, 0.1) is 17.2 Å². The van der Waals surface area contributed by atoms with Crippen LogP contribution in [0, 0.1) is 0 Å². The minimum Gasteiger partial charge on any atom is -0.482 e. The summed E-state index contributed by atoms with van der Waals surface area (Å²) in [6.07, 6.45) is 0. The highest BCUT2D eigenvalue weighted by Crippen LogP contribution is 2.23. The van der Waals surface area contributed by atoms with Gasteiger partial charge in [0.15, 0.2) is 6.61 Å². The molecule has 2 rings (SSSR count). The third-order valence-corrected chi connectivity index (χ3v) is 3.19. The Morgan fingerprint density at radius 1 is 1.09 bits per heavy atom. The van der Waals surface area contributed by atoms with E-state index in [1.165, 1.54) is 0 Å². The average Bonchev–Trinajstić information content (AvgIpc) is 2.55. The molecule has 0 atom stereocenters. The molecule has 0 radical (unpaired) electrons. The number of esters is 1. The molecule has 1 amide bonds. The van der Waals surface area contributed by atoms with Crippen molar-refractivity contribution in [2.24, 2.45) is 0 Å². The lowest BCUT2D eigenvalue weighted by molar-refractivity contribution is -0.118. The molecule has 0 unspecified atom stereocenters. The van der Waals surface area contributed by atoms with Crippen molar-refractivity contribution >= 4 is 29.2 Å². The van der Waals surface area contributed by atoms with Gasteiger partial charge in [0.25, 0.3) is 5.91 Å². The molecule has 6 heteroatoms. The lowest BCUT2D eigenvalue weighted by Gasteiger charge is -2.09. The Morgan fingerprint density at radius 3 is 2.43 bits per heavy atom. The zero-order chi connectivity index (χ0) is 16.7. The number of carbonyl (C=O) groups is 2. The van der Waals surface area contributed by atoms with E-state index in [9.17, 15) is 9.59 Å². The maximum atomic E-state index is 11.8. The van der Waals surface area contributed by atoms with Crippen LogP contribution in [0.5, 0.6) is 5.75 Å². The highest BCUT2D eigenvalue weighted by molar-refractivity contribution is 6.32. The van der Waals surface area contributed by atoms with Crippen LogP contribution in [-0.2, 0) is 9.53 Å². The first-order valence-corrected chi connectivity index (χ1v) is 7.42. The van der Waals surface area contributed by atoms with Gasteiger partial charge in [-0.05, 0) is 43.3 Å². The molecular formula is C17H16ClNO4. The summed E-state index contributed by atoms with van der Waals surface area (Å²) >= 11 is 5.94. The number of halogens is 1. The van der Waals surface area contributed by atoms with E-state index in [-0.39, 0.29) is 12.5 Å². The number of anilines is 1. The summed E-state index contributed by atoms with van der Waals surface area (Å²) in [4.78, 5) is 23.4. The molecule has 0 saturated heterocycles. The van der Waals surface area contributed by atoms with Crippen molar-refractivity contribution in [1.29, 1.82) is 0 Å². The van der Waals surface area contributed by atoms with Gasteiger partial charge in [-0.25, -0.2) is 4.79 Å². The van der Waals surface area contributed by atoms with Gasteiger partial charge in [-0.15, -0.1) is 0 Å². The molecule has 1 N–H and O–H groups in total. The predicted molar refractivity (Wildman–Crippen MR) is 88.0 cm³/mol. The number of nitrogens with one attached hydrogen (secondary N) is 1. The zero-order valence-electron chi connectivity index (χ0n) is 12.5. The maximum Gasteiger partial charge on any atom is 0.338 e. The van der Waals surface area contributed by atoms with Crippen molar-refractivity contribution in [1.82, 2.24) is 0 Å². The Kier molecular flexibility index (Phi) is 6.00. The monoisotopic (exact) mass is 333 g/mol. The topological polar surface area (TPSA) is 64.6 Å². The Balaban J connectivity index is 1.88. The number of ether oxygens (including phenoxy) is 2. The van der Waals surface area contributed by atoms with E-state index >= 15 is 0 Å². The van der Waals surface area contributed by atoms with E-state index in [1.807, 2.05) is 0 Å². The number of carbonyl (C=O) groups excluding carboxylic acids is 2. The van der Waals surface area contributed by atoms with Crippen LogP contribution in [0.25, 0.3) is 0 Å². The SMILES string of the molecule is CCOC(=O)c1ccc(NC(=O)COc2ccccc2Cl)cc1. The Morgan fingerprint density at radius 2 is 1.78 bits per heavy atom. The molecule has 0 aromatic heterocycles. The lowest BCUT2D eigenvalue weighted by Crippen LogP contribution is -2.20. The van der Waals surface area contributed by atoms with E-state index < -0.39 is 5.97 Å². The summed E-state index contributed by atoms with van der Waals surface area (Å²) in [6, 6.07) is 13.3. The highest BCUT2D eigenvalue weighted by atomic mass is 35.5. The highest BCUT2D eigenvalue weighted by Gasteiger charge is 2.08. The van der Waals surface area contributed by atoms with Crippen molar-refractivity contribution < 1.29 is 19.1 Å². The van der Waals surface area contributed by atoms with Crippen molar-refractivity contribution in [2.45, 2.75) is 6.92 Å². The van der Waals surface area contributed by atoms with Crippen molar-refractivity contribution in [2.75, 3.05) is 18.5 Å². The molecule has 2 aromatic rings. The number of para-hydroxylation sites is 1. The van der Waals surface area contributed by atoms with Crippen molar-refractivity contribution in [3.05, 3.63) is 59.1 Å². The standard InChI is InChI=1S/C17H16ClNO4/c1-2-22-17(21)12-7-9-13(10-8-12)19-16(20)11-23-15-6-4-3-5-14(15)18/h3-10H,2,11H2,1H3,(H,19,20). The molecule has 0 heterocycles. The summed E-state index contributed by atoms with van der Waals surface area (Å²) in [5.74, 6) is -0.275. The third kappa shape index (κ3) is 5.00. The summed E-state index contributed by atoms with van der Waals surface area (Å²) in [5, 5.41) is 3.11. The van der Waals surface area contributed by atoms with Crippen LogP contribution >= 0.6 is 11.6 Å². The first kappa shape index (κ1) is 16.8. The second kappa shape index (κ2) is 8.19. The van der Waals surface area contributed by atoms with E-state index in [0.29, 0.717) is 28.6 Å². The molecule has 2 aromatic carbocycles. The summed E-state index contributed by atoms with van der Waals surface area (Å²) < 4.78 is 10.2. The van der Waals surface area contributed by atoms with Gasteiger partial charge < -0.3 is 14.8 Å². The number of amides is 1. The fraction of sp³-hybridized carbons (Fsp3) is 0.176. The van der Waals surface area contributed by atoms with E-state index in [1.54, 1.807) is 55.5 Å². The molecular weight excluding hydrogens is 318 g/mol. The Bertz CT molecular complexity index is 685. The molecule has 0 bridgehead atoms. The van der Waals surface area contributed by atoms with Gasteiger partial charge in [0.1, 0.15) is 5.75 Å². The van der Waals surface area contributed by atoms with Crippen LogP contribution < -0.4 is 10.1 Å². The van der Waals surface area contributed by atoms with E-state index in [0.717, 1.165) is 0 Å². The van der Waals surface area contributed by atoms with E-state index in [4.69, 9.17) is 21.1 Å². The summed E-state index contributed by atoms with van der Waals surface area (Å²) in [7, 11) is 0. The molecule has 23 heavy (non-hydrogen) atoms. The Hall–Kier alpha value is -2.53. The predicted octanol–water partition coefficient (Wildman–Crippen LogP) is 3.53. The summed E-state index contributed by atoms with van der Waals surface area (Å²) in [5.41, 5.74) is 0.989. The van der Waals surface area contributed by atoms with E-state index in [2.05, 4.69) is 5.32 Å². The van der Waals surface area contributed by atoms with Crippen LogP contribution in [0.15, 0.2) is 48.5 Å². The molecule has 0 aliphatic rings. The largest absolute Gasteiger partial charge is 0.482 e. The van der Waals surface area contributed by atoms with Gasteiger partial charge in [-0.3, -0.25) is 4.79 Å². The van der Waals surface area contributed by atoms with Gasteiger partial charge in [-0.1, -0.05) is 23.7 Å². The van der Waals surface area contributed by atoms with Crippen LogP contribution in [-0.4, -0.2) is 25.1 Å². The number of rotatable bonds is 6. The molecule has 0 fully saturated rings. The maximum absolute atomic E-state index is 11.8. The van der Waals surface area contributed by atoms with Gasteiger partial charge in [0, 0.05) is 5.69 Å². The van der Waals surface area contributed by atoms with Crippen LogP contribution in [0.3, 0.4) is 0 Å². The van der Waals surface area contributed by atoms with Crippen LogP contribution in [0.4, 0.5) is 5.69 Å². The second-order valence-electron chi connectivity index (χ2n) is 4.57. The molecule has 0 aliphatic carbocycles. The fourth-order valence-electron chi connectivity index (χ4n) is 1.81. The van der Waals surface area contributed by atoms with Crippen molar-refractivity contribution in [3.63, 3.8) is 0 Å². The Labute approximate surface area is 139 Å². The normalized spacial score (nSPS) is 10.0. The zero-order valence-corrected chi connectivity index (χ0v) is 13.3. The first-order valence-electron chi connectivity index (χ1n) is 7.04. The van der Waals surface area contributed by atoms with Gasteiger partial charge >= 0.3 is 5.97 Å². The van der Waals surface area contributed by atoms with Crippen LogP contribution in [0.1, 0.15) is 17.3 Å². The molecule has 0 spiro atoms. The minimum atomic E-state index is -0.396. The lowest BCUT2D eigenvalue weighted by atomic mass is 10.2. The average molecular weight is 334 g/mol. The second-order valence-corrected chi connectivity index (χ2v) is 4.97. The number of hydrogen-bond donors (Lipinski definition) is 1. The minimum absolute atomic E-state index is 0.163. The molecule has 0 aliphatic heterocycles. The fourth-order valence-corrected chi connectivity index (χ4v) is 2.00. The number of benzene rings is 2. The summed E-state index contributed by atoms with van der Waals surface area (Å²) in [6.45, 7) is 1.89. The molecule has 5 nitrogen and oxygen atoms in total. The van der Waals surface area contributed by atoms with Gasteiger partial charge in [-0.2, -0.15) is 0 Å². The first-order chi connectivity index (χ1) is 11.1. The van der Waals surface area contributed by atoms with Crippen molar-refractivity contribution in [3.8, 4) is 5.75 Å². The molecule has 120 valence electrons. The quantitative estimate of drug-likeness (QED) is 0.821. The molecule has 0 saturated carbocycles.